The Bertz CT molecular complexity index is 1390. The molecule has 0 unspecified atom stereocenters. The molecule has 8 nitrogen and oxygen atoms in total. The van der Waals surface area contributed by atoms with Gasteiger partial charge in [-0.05, 0) is 39.8 Å². The van der Waals surface area contributed by atoms with Crippen LogP contribution in [-0.2, 0) is 12.6 Å². The number of nitrogens with zero attached hydrogens (tertiary/aromatic N) is 4. The van der Waals surface area contributed by atoms with Crippen molar-refractivity contribution in [2.45, 2.75) is 33.2 Å². The smallest absolute Gasteiger partial charge is 0.281 e. The molecule has 0 saturated carbocycles. The Morgan fingerprint density at radius 2 is 1.79 bits per heavy atom. The van der Waals surface area contributed by atoms with E-state index in [-0.39, 0.29) is 16.8 Å². The minimum Gasteiger partial charge on any atom is -0.281 e. The SMILES string of the molecule is Cc1c(Nc2scc(-c3cccc([N+](=O)[O-])c3)[n+]2C(C)(C)C)c(=O)n(-c2ccccc2)n1C. The molecule has 2 heterocycles. The summed E-state index contributed by atoms with van der Waals surface area (Å²) in [5.74, 6) is 0. The van der Waals surface area contributed by atoms with Crippen molar-refractivity contribution in [3.63, 3.8) is 0 Å². The van der Waals surface area contributed by atoms with Gasteiger partial charge in [0.15, 0.2) is 0 Å². The molecule has 0 radical (unpaired) electrons. The first kappa shape index (κ1) is 22.5. The van der Waals surface area contributed by atoms with Gasteiger partial charge in [0.1, 0.15) is 11.2 Å². The Balaban J connectivity index is 1.84. The van der Waals surface area contributed by atoms with Gasteiger partial charge < -0.3 is 0 Å². The summed E-state index contributed by atoms with van der Waals surface area (Å²) in [4.78, 5) is 24.3. The summed E-state index contributed by atoms with van der Waals surface area (Å²) in [6.45, 7) is 8.09. The number of nitro groups is 1. The number of rotatable bonds is 5. The highest BCUT2D eigenvalue weighted by Crippen LogP contribution is 2.31. The van der Waals surface area contributed by atoms with Crippen LogP contribution in [0.15, 0.2) is 64.8 Å². The van der Waals surface area contributed by atoms with Crippen LogP contribution >= 0.6 is 11.3 Å². The number of benzene rings is 2. The molecule has 0 amide bonds. The van der Waals surface area contributed by atoms with Crippen molar-refractivity contribution in [3.8, 4) is 16.9 Å². The quantitative estimate of drug-likeness (QED) is 0.258. The minimum atomic E-state index is -0.393. The monoisotopic (exact) mass is 464 g/mol. The fourth-order valence-corrected chi connectivity index (χ4v) is 4.98. The molecule has 4 aromatic rings. The van der Waals surface area contributed by atoms with Gasteiger partial charge in [-0.15, -0.1) is 0 Å². The molecule has 170 valence electrons. The zero-order valence-electron chi connectivity index (χ0n) is 19.2. The highest BCUT2D eigenvalue weighted by atomic mass is 32.1. The van der Waals surface area contributed by atoms with E-state index in [1.165, 1.54) is 17.4 Å². The number of nitrogens with one attached hydrogen (secondary N) is 1. The van der Waals surface area contributed by atoms with Crippen molar-refractivity contribution < 1.29 is 9.49 Å². The fraction of sp³-hybridized carbons (Fsp3) is 0.250. The van der Waals surface area contributed by atoms with Crippen molar-refractivity contribution in [2.75, 3.05) is 5.32 Å². The molecule has 0 aliphatic heterocycles. The molecule has 2 aromatic heterocycles. The lowest BCUT2D eigenvalue weighted by atomic mass is 10.1. The molecule has 2 aromatic carbocycles. The van der Waals surface area contributed by atoms with Crippen molar-refractivity contribution in [1.82, 2.24) is 9.36 Å². The average molecular weight is 465 g/mol. The van der Waals surface area contributed by atoms with Crippen LogP contribution in [-0.4, -0.2) is 14.3 Å². The topological polar surface area (TPSA) is 86.0 Å². The van der Waals surface area contributed by atoms with Crippen LogP contribution < -0.4 is 15.4 Å². The molecule has 0 aliphatic rings. The third-order valence-electron chi connectivity index (χ3n) is 5.54. The van der Waals surface area contributed by atoms with E-state index in [2.05, 4.69) is 30.7 Å². The summed E-state index contributed by atoms with van der Waals surface area (Å²) in [6.07, 6.45) is 0. The zero-order chi connectivity index (χ0) is 23.9. The summed E-state index contributed by atoms with van der Waals surface area (Å²) in [7, 11) is 1.86. The Labute approximate surface area is 195 Å². The molecular weight excluding hydrogens is 438 g/mol. The van der Waals surface area contributed by atoms with Crippen molar-refractivity contribution >= 4 is 27.8 Å². The number of hydrogen-bond acceptors (Lipinski definition) is 5. The number of non-ortho nitro benzene ring substituents is 1. The highest BCUT2D eigenvalue weighted by Gasteiger charge is 2.32. The lowest BCUT2D eigenvalue weighted by Gasteiger charge is -2.19. The Morgan fingerprint density at radius 1 is 1.09 bits per heavy atom. The predicted octanol–water partition coefficient (Wildman–Crippen LogP) is 4.91. The second-order valence-electron chi connectivity index (χ2n) is 8.80. The Hall–Kier alpha value is -3.72. The van der Waals surface area contributed by atoms with Crippen LogP contribution in [0.25, 0.3) is 16.9 Å². The highest BCUT2D eigenvalue weighted by molar-refractivity contribution is 7.13. The number of anilines is 2. The molecule has 4 rings (SSSR count). The molecule has 0 fully saturated rings. The van der Waals surface area contributed by atoms with Gasteiger partial charge in [-0.2, -0.15) is 0 Å². The van der Waals surface area contributed by atoms with E-state index in [1.54, 1.807) is 16.8 Å². The normalized spacial score (nSPS) is 11.5. The predicted molar refractivity (Wildman–Crippen MR) is 131 cm³/mol. The molecular formula is C24H26N5O3S+. The number of para-hydroxylation sites is 1. The van der Waals surface area contributed by atoms with Gasteiger partial charge in [-0.25, -0.2) is 14.6 Å². The van der Waals surface area contributed by atoms with Crippen molar-refractivity contribution in [2.24, 2.45) is 7.05 Å². The Morgan fingerprint density at radius 3 is 2.42 bits per heavy atom. The first-order chi connectivity index (χ1) is 15.6. The second-order valence-corrected chi connectivity index (χ2v) is 9.66. The molecule has 0 aliphatic carbocycles. The fourth-order valence-electron chi connectivity index (χ4n) is 3.87. The average Bonchev–Trinajstić information content (AvgIpc) is 3.30. The molecule has 0 saturated heterocycles. The molecule has 9 heteroatoms. The lowest BCUT2D eigenvalue weighted by molar-refractivity contribution is -0.727. The molecule has 33 heavy (non-hydrogen) atoms. The van der Waals surface area contributed by atoms with E-state index in [0.29, 0.717) is 5.69 Å². The standard InChI is InChI=1S/C24H25N5O3S/c1-16-21(22(30)28(26(16)5)18-11-7-6-8-12-18)25-23-27(24(2,3)4)20(15-33-23)17-10-9-13-19(14-17)29(31)32/h6-15H,1-5H3/p+1. The summed E-state index contributed by atoms with van der Waals surface area (Å²) in [6, 6.07) is 16.1. The summed E-state index contributed by atoms with van der Waals surface area (Å²) < 4.78 is 5.54. The summed E-state index contributed by atoms with van der Waals surface area (Å²) in [5, 5.41) is 17.4. The molecule has 0 bridgehead atoms. The summed E-state index contributed by atoms with van der Waals surface area (Å²) >= 11 is 1.46. The van der Waals surface area contributed by atoms with E-state index in [4.69, 9.17) is 0 Å². The van der Waals surface area contributed by atoms with Gasteiger partial charge >= 0.3 is 10.7 Å². The van der Waals surface area contributed by atoms with Gasteiger partial charge in [0.2, 0.25) is 5.69 Å². The molecule has 0 spiro atoms. The van der Waals surface area contributed by atoms with Crippen LogP contribution in [0.5, 0.6) is 0 Å². The van der Waals surface area contributed by atoms with Gasteiger partial charge in [0, 0.05) is 30.1 Å². The molecule has 1 N–H and O–H groups in total. The van der Waals surface area contributed by atoms with Crippen molar-refractivity contribution in [3.05, 3.63) is 86.1 Å². The number of hydrogen-bond donors (Lipinski definition) is 1. The maximum absolute atomic E-state index is 13.4. The number of thiazole rings is 1. The van der Waals surface area contributed by atoms with Gasteiger partial charge in [0.05, 0.1) is 16.3 Å². The molecule has 0 atom stereocenters. The number of nitro benzene ring substituents is 1. The van der Waals surface area contributed by atoms with Crippen molar-refractivity contribution in [1.29, 1.82) is 0 Å². The zero-order valence-corrected chi connectivity index (χ0v) is 20.0. The first-order valence-corrected chi connectivity index (χ1v) is 11.4. The maximum Gasteiger partial charge on any atom is 0.340 e. The van der Waals surface area contributed by atoms with Crippen LogP contribution in [0.2, 0.25) is 0 Å². The largest absolute Gasteiger partial charge is 0.340 e. The van der Waals surface area contributed by atoms with E-state index in [9.17, 15) is 14.9 Å². The third kappa shape index (κ3) is 4.07. The van der Waals surface area contributed by atoms with Crippen LogP contribution in [0.3, 0.4) is 0 Å². The maximum atomic E-state index is 13.4. The lowest BCUT2D eigenvalue weighted by Crippen LogP contribution is -2.51. The van der Waals surface area contributed by atoms with Gasteiger partial charge in [0.25, 0.3) is 5.69 Å². The van der Waals surface area contributed by atoms with E-state index in [1.807, 2.05) is 60.4 Å². The van der Waals surface area contributed by atoms with Gasteiger partial charge in [-0.3, -0.25) is 19.6 Å². The van der Waals surface area contributed by atoms with Crippen LogP contribution in [0.4, 0.5) is 16.5 Å². The van der Waals surface area contributed by atoms with Crippen LogP contribution in [0, 0.1) is 17.0 Å². The minimum absolute atomic E-state index is 0.0401. The summed E-state index contributed by atoms with van der Waals surface area (Å²) in [5.41, 5.74) is 3.22. The number of aromatic nitrogens is 3. The Kier molecular flexibility index (Phi) is 5.67. The van der Waals surface area contributed by atoms with E-state index >= 15 is 0 Å². The second kappa shape index (κ2) is 8.32. The third-order valence-corrected chi connectivity index (χ3v) is 6.38. The van der Waals surface area contributed by atoms with E-state index in [0.717, 1.165) is 27.8 Å². The van der Waals surface area contributed by atoms with E-state index < -0.39 is 4.92 Å². The van der Waals surface area contributed by atoms with Gasteiger partial charge in [-0.1, -0.05) is 41.7 Å². The van der Waals surface area contributed by atoms with Crippen LogP contribution in [0.1, 0.15) is 26.5 Å². The first-order valence-electron chi connectivity index (χ1n) is 10.5.